The summed E-state index contributed by atoms with van der Waals surface area (Å²) in [6.45, 7) is 2.20. The highest BCUT2D eigenvalue weighted by Gasteiger charge is 2.29. The molecule has 5 aromatic rings. The molecule has 0 fully saturated rings. The van der Waals surface area contributed by atoms with Crippen LogP contribution in [0.5, 0.6) is 11.6 Å². The number of alkyl halides is 3. The number of aryl methyl sites for hydroxylation is 1. The smallest absolute Gasteiger partial charge is 0.408 e. The van der Waals surface area contributed by atoms with Crippen LogP contribution in [-0.2, 0) is 6.54 Å². The van der Waals surface area contributed by atoms with Crippen molar-refractivity contribution in [3.05, 3.63) is 59.6 Å². The highest BCUT2D eigenvalue weighted by atomic mass is 32.1. The number of aromatic nitrogens is 7. The van der Waals surface area contributed by atoms with Gasteiger partial charge in [-0.25, -0.2) is 9.50 Å². The average molecular weight is 501 g/mol. The van der Waals surface area contributed by atoms with Crippen molar-refractivity contribution in [3.8, 4) is 33.5 Å². The van der Waals surface area contributed by atoms with Gasteiger partial charge in [-0.1, -0.05) is 0 Å². The summed E-state index contributed by atoms with van der Waals surface area (Å²) < 4.78 is 46.3. The number of thiazole rings is 1. The van der Waals surface area contributed by atoms with Crippen molar-refractivity contribution in [3.63, 3.8) is 0 Å². The minimum absolute atomic E-state index is 0.347. The third-order valence-electron chi connectivity index (χ3n) is 5.00. The van der Waals surface area contributed by atoms with E-state index in [1.165, 1.54) is 23.7 Å². The number of hydrogen-bond donors (Lipinski definition) is 1. The highest BCUT2D eigenvalue weighted by Crippen LogP contribution is 2.39. The van der Waals surface area contributed by atoms with Crippen molar-refractivity contribution < 1.29 is 23.0 Å². The third kappa shape index (κ3) is 4.86. The molecule has 1 N–H and O–H groups in total. The summed E-state index contributed by atoms with van der Waals surface area (Å²) in [5, 5.41) is 27.0. The number of aliphatic hydroxyl groups is 1. The SMILES string of the molecule is Cc1ccc(Oc2ccc3c(-c4nc(-c5cnn(CC(F)(F)F)c5)c(C(C)O)s4)cnn3c2)nn1. The molecule has 35 heavy (non-hydrogen) atoms. The molecule has 5 heterocycles. The molecule has 0 spiro atoms. The molecule has 9 nitrogen and oxygen atoms in total. The molecule has 0 amide bonds. The number of pyridine rings is 1. The fraction of sp³-hybridized carbons (Fsp3) is 0.227. The van der Waals surface area contributed by atoms with Gasteiger partial charge < -0.3 is 9.84 Å². The number of aliphatic hydroxyl groups excluding tert-OH is 1. The Hall–Kier alpha value is -3.84. The average Bonchev–Trinajstić information content (AvgIpc) is 3.51. The first-order valence-electron chi connectivity index (χ1n) is 10.4. The largest absolute Gasteiger partial charge is 0.436 e. The van der Waals surface area contributed by atoms with E-state index in [0.717, 1.165) is 15.9 Å². The lowest BCUT2D eigenvalue weighted by Gasteiger charge is -2.05. The van der Waals surface area contributed by atoms with E-state index in [9.17, 15) is 18.3 Å². The Kier molecular flexibility index (Phi) is 5.73. The van der Waals surface area contributed by atoms with Gasteiger partial charge in [0.15, 0.2) is 0 Å². The van der Waals surface area contributed by atoms with E-state index in [2.05, 4.69) is 25.4 Å². The second-order valence-corrected chi connectivity index (χ2v) is 8.85. The van der Waals surface area contributed by atoms with Gasteiger partial charge in [-0.2, -0.15) is 28.5 Å². The molecule has 0 aliphatic rings. The Morgan fingerprint density at radius 2 is 1.91 bits per heavy atom. The quantitative estimate of drug-likeness (QED) is 0.356. The highest BCUT2D eigenvalue weighted by molar-refractivity contribution is 7.15. The van der Waals surface area contributed by atoms with Crippen molar-refractivity contribution in [1.82, 2.24) is 34.6 Å². The van der Waals surface area contributed by atoms with E-state index in [1.54, 1.807) is 42.0 Å². The van der Waals surface area contributed by atoms with Gasteiger partial charge in [0, 0.05) is 17.8 Å². The van der Waals surface area contributed by atoms with Crippen LogP contribution in [0.2, 0.25) is 0 Å². The topological polar surface area (TPSA) is 103 Å². The van der Waals surface area contributed by atoms with Gasteiger partial charge in [0.2, 0.25) is 5.88 Å². The third-order valence-corrected chi connectivity index (χ3v) is 6.25. The van der Waals surface area contributed by atoms with Crippen LogP contribution in [0.3, 0.4) is 0 Å². The number of fused-ring (bicyclic) bond motifs is 1. The maximum Gasteiger partial charge on any atom is 0.408 e. The van der Waals surface area contributed by atoms with Crippen LogP contribution in [0.4, 0.5) is 13.2 Å². The number of nitrogens with zero attached hydrogens (tertiary/aromatic N) is 7. The van der Waals surface area contributed by atoms with Crippen LogP contribution in [0.25, 0.3) is 27.3 Å². The van der Waals surface area contributed by atoms with Gasteiger partial charge in [-0.15, -0.1) is 16.4 Å². The maximum atomic E-state index is 12.7. The first-order chi connectivity index (χ1) is 16.7. The summed E-state index contributed by atoms with van der Waals surface area (Å²) in [7, 11) is 0. The van der Waals surface area contributed by atoms with Crippen LogP contribution in [0, 0.1) is 6.92 Å². The standard InChI is InChI=1S/C22H18F3N7O2S/c1-12-3-6-18(30-29-12)34-15-4-5-17-16(8-27-32(17)10-15)21-28-19(20(35-21)13(2)33)14-7-26-31(9-14)11-22(23,24)25/h3-10,13,33H,11H2,1-2H3. The zero-order valence-corrected chi connectivity index (χ0v) is 19.2. The Morgan fingerprint density at radius 3 is 2.63 bits per heavy atom. The van der Waals surface area contributed by atoms with Crippen LogP contribution >= 0.6 is 11.3 Å². The molecular weight excluding hydrogens is 483 g/mol. The monoisotopic (exact) mass is 501 g/mol. The van der Waals surface area contributed by atoms with Crippen LogP contribution in [0.1, 0.15) is 23.6 Å². The molecule has 1 unspecified atom stereocenters. The molecule has 0 aliphatic heterocycles. The van der Waals surface area contributed by atoms with E-state index in [-0.39, 0.29) is 0 Å². The van der Waals surface area contributed by atoms with E-state index in [1.807, 2.05) is 13.0 Å². The van der Waals surface area contributed by atoms with Crippen LogP contribution in [0.15, 0.2) is 49.1 Å². The number of halogens is 3. The van der Waals surface area contributed by atoms with Gasteiger partial charge in [0.25, 0.3) is 0 Å². The summed E-state index contributed by atoms with van der Waals surface area (Å²) in [6.07, 6.45) is 0.628. The Labute approximate surface area is 200 Å². The van der Waals surface area contributed by atoms with E-state index >= 15 is 0 Å². The second kappa shape index (κ2) is 8.74. The molecular formula is C22H18F3N7O2S. The molecule has 0 aromatic carbocycles. The number of ether oxygens (including phenoxy) is 1. The van der Waals surface area contributed by atoms with Crippen molar-refractivity contribution in [2.75, 3.05) is 0 Å². The zero-order valence-electron chi connectivity index (χ0n) is 18.4. The summed E-state index contributed by atoms with van der Waals surface area (Å²) in [5.41, 5.74) is 2.98. The molecule has 0 saturated heterocycles. The molecule has 5 aromatic heterocycles. The fourth-order valence-corrected chi connectivity index (χ4v) is 4.49. The molecule has 180 valence electrons. The van der Waals surface area contributed by atoms with Gasteiger partial charge in [-0.05, 0) is 32.0 Å². The lowest BCUT2D eigenvalue weighted by atomic mass is 10.2. The van der Waals surface area contributed by atoms with Gasteiger partial charge >= 0.3 is 6.18 Å². The molecule has 5 rings (SSSR count). The first-order valence-corrected chi connectivity index (χ1v) is 11.2. The lowest BCUT2D eigenvalue weighted by molar-refractivity contribution is -0.142. The maximum absolute atomic E-state index is 12.7. The van der Waals surface area contributed by atoms with Crippen molar-refractivity contribution in [2.45, 2.75) is 32.7 Å². The van der Waals surface area contributed by atoms with Gasteiger partial charge in [0.1, 0.15) is 17.3 Å². The lowest BCUT2D eigenvalue weighted by Crippen LogP contribution is -2.17. The molecule has 0 bridgehead atoms. The minimum Gasteiger partial charge on any atom is -0.436 e. The summed E-state index contributed by atoms with van der Waals surface area (Å²) >= 11 is 1.24. The van der Waals surface area contributed by atoms with E-state index < -0.39 is 18.8 Å². The Morgan fingerprint density at radius 1 is 1.09 bits per heavy atom. The van der Waals surface area contributed by atoms with Gasteiger partial charge in [-0.3, -0.25) is 4.68 Å². The van der Waals surface area contributed by atoms with Crippen molar-refractivity contribution >= 4 is 16.9 Å². The second-order valence-electron chi connectivity index (χ2n) is 7.82. The van der Waals surface area contributed by atoms with Crippen LogP contribution < -0.4 is 4.74 Å². The fourth-order valence-electron chi connectivity index (χ4n) is 3.45. The first kappa shape index (κ1) is 22.9. The molecule has 0 aliphatic carbocycles. The van der Waals surface area contributed by atoms with Crippen LogP contribution in [-0.4, -0.2) is 45.9 Å². The Balaban J connectivity index is 1.47. The van der Waals surface area contributed by atoms with Gasteiger partial charge in [0.05, 0.1) is 52.0 Å². The predicted octanol–water partition coefficient (Wildman–Crippen LogP) is 4.83. The molecule has 13 heteroatoms. The number of rotatable bonds is 6. The number of hydrogen-bond acceptors (Lipinski definition) is 8. The molecule has 0 radical (unpaired) electrons. The van der Waals surface area contributed by atoms with Crippen molar-refractivity contribution in [1.29, 1.82) is 0 Å². The zero-order chi connectivity index (χ0) is 24.7. The molecule has 0 saturated carbocycles. The summed E-state index contributed by atoms with van der Waals surface area (Å²) in [5.74, 6) is 0.853. The predicted molar refractivity (Wildman–Crippen MR) is 121 cm³/mol. The van der Waals surface area contributed by atoms with E-state index in [0.29, 0.717) is 38.3 Å². The summed E-state index contributed by atoms with van der Waals surface area (Å²) in [6, 6.07) is 7.07. The Bertz CT molecular complexity index is 1490. The van der Waals surface area contributed by atoms with Crippen molar-refractivity contribution in [2.24, 2.45) is 0 Å². The minimum atomic E-state index is -4.39. The molecule has 1 atom stereocenters. The summed E-state index contributed by atoms with van der Waals surface area (Å²) in [4.78, 5) is 5.14. The van der Waals surface area contributed by atoms with E-state index in [4.69, 9.17) is 4.74 Å². The normalized spacial score (nSPS) is 12.9.